The van der Waals surface area contributed by atoms with Crippen LogP contribution in [0.2, 0.25) is 0 Å². The molecule has 9 heteroatoms. The van der Waals surface area contributed by atoms with Gasteiger partial charge in [-0.05, 0) is 39.8 Å². The lowest BCUT2D eigenvalue weighted by Gasteiger charge is -2.22. The largest absolute Gasteiger partial charge is 0.490 e. The number of carbonyl (C=O) groups is 1. The molecule has 152 valence electrons. The number of amidine groups is 1. The summed E-state index contributed by atoms with van der Waals surface area (Å²) in [6.45, 7) is 10.7. The smallest absolute Gasteiger partial charge is 0.435 e. The van der Waals surface area contributed by atoms with Crippen molar-refractivity contribution in [2.24, 2.45) is 10.1 Å². The molecule has 0 aliphatic carbocycles. The van der Waals surface area contributed by atoms with E-state index in [0.717, 1.165) is 16.3 Å². The van der Waals surface area contributed by atoms with Gasteiger partial charge in [0.05, 0.1) is 11.8 Å². The number of rotatable bonds is 6. The van der Waals surface area contributed by atoms with Gasteiger partial charge in [0, 0.05) is 38.0 Å². The Kier molecular flexibility index (Phi) is 7.00. The number of nitrogens with one attached hydrogen (secondary N) is 2. The quantitative estimate of drug-likeness (QED) is 0.571. The first kappa shape index (κ1) is 21.2. The summed E-state index contributed by atoms with van der Waals surface area (Å²) in [6.07, 6.45) is 3.11. The van der Waals surface area contributed by atoms with Crippen molar-refractivity contribution < 1.29 is 19.2 Å². The number of aliphatic imine (C=N–C) groups is 1. The first-order valence-corrected chi connectivity index (χ1v) is 8.84. The normalized spacial score (nSPS) is 16.0. The first-order valence-electron chi connectivity index (χ1n) is 8.84. The van der Waals surface area contributed by atoms with Gasteiger partial charge < -0.3 is 9.47 Å². The summed E-state index contributed by atoms with van der Waals surface area (Å²) in [7, 11) is 1.68. The van der Waals surface area contributed by atoms with Crippen molar-refractivity contribution in [1.29, 1.82) is 0 Å². The average molecular weight is 389 g/mol. The number of fused-ring (bicyclic) bond motifs is 1. The maximum absolute atomic E-state index is 12.0. The highest BCUT2D eigenvalue weighted by atomic mass is 16.8. The van der Waals surface area contributed by atoms with E-state index in [4.69, 9.17) is 14.4 Å². The highest BCUT2D eigenvalue weighted by molar-refractivity contribution is 6.03. The minimum absolute atomic E-state index is 0.137. The molecule has 0 spiro atoms. The summed E-state index contributed by atoms with van der Waals surface area (Å²) >= 11 is 0. The zero-order valence-electron chi connectivity index (χ0n) is 16.9. The van der Waals surface area contributed by atoms with Gasteiger partial charge in [0.2, 0.25) is 0 Å². The molecule has 0 radical (unpaired) electrons. The molecule has 1 aliphatic rings. The molecule has 1 heterocycles. The molecule has 0 saturated heterocycles. The van der Waals surface area contributed by atoms with Crippen molar-refractivity contribution in [3.8, 4) is 5.75 Å². The summed E-state index contributed by atoms with van der Waals surface area (Å²) in [5, 5.41) is 4.71. The Morgan fingerprint density at radius 3 is 2.79 bits per heavy atom. The minimum Gasteiger partial charge on any atom is -0.490 e. The van der Waals surface area contributed by atoms with Crippen LogP contribution < -0.4 is 15.7 Å². The van der Waals surface area contributed by atoms with Gasteiger partial charge >= 0.3 is 6.09 Å². The molecule has 1 aliphatic heterocycles. The molecule has 28 heavy (non-hydrogen) atoms. The molecular weight excluding hydrogens is 362 g/mol. The number of anilines is 1. The molecule has 1 atom stereocenters. The number of hydroxylamine groups is 1. The Morgan fingerprint density at radius 2 is 2.14 bits per heavy atom. The van der Waals surface area contributed by atoms with Crippen molar-refractivity contribution in [3.05, 3.63) is 36.0 Å². The topological polar surface area (TPSA) is 96.8 Å². The molecule has 0 fully saturated rings. The van der Waals surface area contributed by atoms with Gasteiger partial charge in [0.1, 0.15) is 11.4 Å². The van der Waals surface area contributed by atoms with Gasteiger partial charge in [0.25, 0.3) is 0 Å². The van der Waals surface area contributed by atoms with Crippen LogP contribution in [0.4, 0.5) is 10.5 Å². The first-order chi connectivity index (χ1) is 13.2. The number of carbonyl (C=O) groups excluding carboxylic acids is 1. The van der Waals surface area contributed by atoms with Crippen LogP contribution in [0.15, 0.2) is 40.6 Å². The van der Waals surface area contributed by atoms with Gasteiger partial charge in [-0.25, -0.2) is 15.8 Å². The predicted molar refractivity (Wildman–Crippen MR) is 108 cm³/mol. The van der Waals surface area contributed by atoms with Crippen LogP contribution in [0.5, 0.6) is 5.75 Å². The molecule has 1 unspecified atom stereocenters. The summed E-state index contributed by atoms with van der Waals surface area (Å²) in [6, 6.07) is 5.58. The van der Waals surface area contributed by atoms with Crippen LogP contribution in [0.1, 0.15) is 39.7 Å². The molecule has 9 nitrogen and oxygen atoms in total. The standard InChI is InChI=1S/C19H27N5O4/c1-13(8-7-11-24(21-6)18(25)27-19(2,3)4)26-14-9-10-15-16(12-14)22-28-23-17(15)20-5/h7,9-13,22H,6,8H2,1-5H3,(H,20,23)/b11-7-. The van der Waals surface area contributed by atoms with Gasteiger partial charge in [-0.1, -0.05) is 6.08 Å². The van der Waals surface area contributed by atoms with E-state index in [1.165, 1.54) is 6.20 Å². The molecule has 1 aromatic carbocycles. The number of hydrazone groups is 1. The van der Waals surface area contributed by atoms with E-state index in [1.54, 1.807) is 33.9 Å². The van der Waals surface area contributed by atoms with Crippen molar-refractivity contribution in [1.82, 2.24) is 10.5 Å². The lowest BCUT2D eigenvalue weighted by Crippen LogP contribution is -2.33. The van der Waals surface area contributed by atoms with Crippen molar-refractivity contribution in [3.63, 3.8) is 0 Å². The number of nitrogens with zero attached hydrogens (tertiary/aromatic N) is 3. The third-order valence-electron chi connectivity index (χ3n) is 3.56. The SMILES string of the molecule is C=NN(/C=C\CC(C)Oc1ccc2c(c1)NONC2=NC)C(=O)OC(C)(C)C. The van der Waals surface area contributed by atoms with Gasteiger partial charge in [-0.2, -0.15) is 15.0 Å². The molecule has 0 saturated carbocycles. The Balaban J connectivity index is 1.93. The number of ether oxygens (including phenoxy) is 2. The number of amides is 1. The maximum atomic E-state index is 12.0. The van der Waals surface area contributed by atoms with Crippen LogP contribution in [-0.2, 0) is 9.68 Å². The van der Waals surface area contributed by atoms with Crippen LogP contribution in [-0.4, -0.2) is 42.4 Å². The number of hydrogen-bond donors (Lipinski definition) is 2. The highest BCUT2D eigenvalue weighted by Gasteiger charge is 2.20. The molecule has 2 rings (SSSR count). The van der Waals surface area contributed by atoms with Crippen LogP contribution >= 0.6 is 0 Å². The van der Waals surface area contributed by atoms with E-state index in [-0.39, 0.29) is 6.10 Å². The van der Waals surface area contributed by atoms with E-state index in [2.05, 4.69) is 27.8 Å². The molecule has 2 N–H and O–H groups in total. The molecule has 1 aromatic rings. The lowest BCUT2D eigenvalue weighted by atomic mass is 10.1. The van der Waals surface area contributed by atoms with Crippen LogP contribution in [0, 0.1) is 0 Å². The fourth-order valence-electron chi connectivity index (χ4n) is 2.34. The lowest BCUT2D eigenvalue weighted by molar-refractivity contribution is 0.0339. The van der Waals surface area contributed by atoms with E-state index in [0.29, 0.717) is 18.0 Å². The maximum Gasteiger partial charge on any atom is 0.435 e. The second-order valence-corrected chi connectivity index (χ2v) is 7.10. The second kappa shape index (κ2) is 9.23. The van der Waals surface area contributed by atoms with E-state index < -0.39 is 11.7 Å². The third-order valence-corrected chi connectivity index (χ3v) is 3.56. The van der Waals surface area contributed by atoms with Crippen molar-refractivity contribution in [2.45, 2.75) is 45.8 Å². The van der Waals surface area contributed by atoms with Crippen molar-refractivity contribution in [2.75, 3.05) is 12.5 Å². The fourth-order valence-corrected chi connectivity index (χ4v) is 2.34. The number of hydrogen-bond acceptors (Lipinski definition) is 7. The minimum atomic E-state index is -0.605. The molecule has 1 amide bonds. The number of benzene rings is 1. The fraction of sp³-hybridized carbons (Fsp3) is 0.421. The molecule has 0 aromatic heterocycles. The predicted octanol–water partition coefficient (Wildman–Crippen LogP) is 3.45. The summed E-state index contributed by atoms with van der Waals surface area (Å²) < 4.78 is 11.2. The van der Waals surface area contributed by atoms with Crippen LogP contribution in [0.25, 0.3) is 0 Å². The highest BCUT2D eigenvalue weighted by Crippen LogP contribution is 2.26. The van der Waals surface area contributed by atoms with Gasteiger partial charge in [-0.15, -0.1) is 0 Å². The van der Waals surface area contributed by atoms with Crippen LogP contribution in [0.3, 0.4) is 0 Å². The monoisotopic (exact) mass is 389 g/mol. The third kappa shape index (κ3) is 5.98. The summed E-state index contributed by atoms with van der Waals surface area (Å²) in [4.78, 5) is 21.2. The van der Waals surface area contributed by atoms with E-state index >= 15 is 0 Å². The van der Waals surface area contributed by atoms with E-state index in [9.17, 15) is 4.79 Å². The zero-order chi connectivity index (χ0) is 20.7. The van der Waals surface area contributed by atoms with Crippen molar-refractivity contribution >= 4 is 24.3 Å². The van der Waals surface area contributed by atoms with Gasteiger partial charge in [-0.3, -0.25) is 4.99 Å². The zero-order valence-corrected chi connectivity index (χ0v) is 16.9. The second-order valence-electron chi connectivity index (χ2n) is 7.10. The molecular formula is C19H27N5O4. The van der Waals surface area contributed by atoms with E-state index in [1.807, 2.05) is 25.1 Å². The summed E-state index contributed by atoms with van der Waals surface area (Å²) in [5.74, 6) is 1.31. The average Bonchev–Trinajstić information content (AvgIpc) is 2.63. The Hall–Kier alpha value is -3.07. The molecule has 0 bridgehead atoms. The Bertz CT molecular complexity index is 770. The Morgan fingerprint density at radius 1 is 1.39 bits per heavy atom. The van der Waals surface area contributed by atoms with Gasteiger partial charge in [0.15, 0.2) is 5.84 Å². The Labute approximate surface area is 165 Å². The summed E-state index contributed by atoms with van der Waals surface area (Å²) in [5.41, 5.74) is 6.50.